The molecule has 0 aromatic heterocycles. The molecular weight excluding hydrogens is 212 g/mol. The minimum Gasteiger partial charge on any atom is -0.385 e. The van der Waals surface area contributed by atoms with Crippen molar-refractivity contribution in [3.63, 3.8) is 0 Å². The number of ether oxygens (including phenoxy) is 1. The lowest BCUT2D eigenvalue weighted by atomic mass is 9.94. The van der Waals surface area contributed by atoms with Crippen LogP contribution in [0.4, 0.5) is 0 Å². The Balaban J connectivity index is 0.00000121. The van der Waals surface area contributed by atoms with E-state index in [4.69, 9.17) is 4.74 Å². The lowest BCUT2D eigenvalue weighted by Crippen LogP contribution is -2.38. The highest BCUT2D eigenvalue weighted by Gasteiger charge is 2.18. The molecule has 1 saturated heterocycles. The van der Waals surface area contributed by atoms with E-state index in [1.165, 1.54) is 45.4 Å². The number of rotatable bonds is 6. The number of hydrogen-bond donors (Lipinski definition) is 0. The average Bonchev–Trinajstić information content (AvgIpc) is 2.37. The summed E-state index contributed by atoms with van der Waals surface area (Å²) >= 11 is 0. The third-order valence-corrected chi connectivity index (χ3v) is 3.30. The Morgan fingerprint density at radius 2 is 1.76 bits per heavy atom. The number of nitrogens with zero attached hydrogens (tertiary/aromatic N) is 2. The van der Waals surface area contributed by atoms with Crippen LogP contribution >= 0.6 is 0 Å². The molecule has 0 unspecified atom stereocenters. The van der Waals surface area contributed by atoms with Gasteiger partial charge >= 0.3 is 0 Å². The lowest BCUT2D eigenvalue weighted by molar-refractivity contribution is 0.131. The molecule has 1 aliphatic heterocycles. The van der Waals surface area contributed by atoms with Gasteiger partial charge in [-0.05, 0) is 52.4 Å². The Kier molecular flexibility index (Phi) is 10.9. The molecular formula is C14H32N2O. The molecule has 3 nitrogen and oxygen atoms in total. The Morgan fingerprint density at radius 3 is 2.24 bits per heavy atom. The predicted molar refractivity (Wildman–Crippen MR) is 75.6 cm³/mol. The van der Waals surface area contributed by atoms with Gasteiger partial charge in [0.2, 0.25) is 0 Å². The van der Waals surface area contributed by atoms with E-state index in [2.05, 4.69) is 23.9 Å². The zero-order valence-corrected chi connectivity index (χ0v) is 12.5. The van der Waals surface area contributed by atoms with Crippen LogP contribution in [0.2, 0.25) is 0 Å². The van der Waals surface area contributed by atoms with Crippen LogP contribution in [0.5, 0.6) is 0 Å². The molecule has 17 heavy (non-hydrogen) atoms. The van der Waals surface area contributed by atoms with Gasteiger partial charge in [0.1, 0.15) is 0 Å². The topological polar surface area (TPSA) is 15.7 Å². The number of hydrogen-bond acceptors (Lipinski definition) is 3. The van der Waals surface area contributed by atoms with Gasteiger partial charge in [0.05, 0.1) is 0 Å². The van der Waals surface area contributed by atoms with Gasteiger partial charge in [0.15, 0.2) is 0 Å². The number of piperidine rings is 1. The van der Waals surface area contributed by atoms with Crippen molar-refractivity contribution in [2.45, 2.75) is 33.1 Å². The molecule has 0 saturated carbocycles. The van der Waals surface area contributed by atoms with Gasteiger partial charge in [0, 0.05) is 26.8 Å². The first-order valence-electron chi connectivity index (χ1n) is 7.08. The van der Waals surface area contributed by atoms with Gasteiger partial charge in [-0.1, -0.05) is 13.8 Å². The van der Waals surface area contributed by atoms with E-state index >= 15 is 0 Å². The summed E-state index contributed by atoms with van der Waals surface area (Å²) in [5, 5.41) is 0. The average molecular weight is 244 g/mol. The van der Waals surface area contributed by atoms with Crippen LogP contribution in [0.1, 0.15) is 33.1 Å². The Hall–Kier alpha value is -0.120. The molecule has 0 radical (unpaired) electrons. The summed E-state index contributed by atoms with van der Waals surface area (Å²) in [5.74, 6) is 0.903. The standard InChI is InChI=1S/C12H26N2O.C2H6/c1-13(2)9-10-14-7-4-12(5-8-14)6-11-15-3;1-2/h12H,4-11H2,1-3H3;1-2H3. The normalized spacial score (nSPS) is 18.0. The molecule has 0 spiro atoms. The van der Waals surface area contributed by atoms with E-state index in [-0.39, 0.29) is 0 Å². The van der Waals surface area contributed by atoms with Crippen LogP contribution in [0.25, 0.3) is 0 Å². The molecule has 1 aliphatic rings. The highest BCUT2D eigenvalue weighted by Crippen LogP contribution is 2.19. The fourth-order valence-electron chi connectivity index (χ4n) is 2.12. The Morgan fingerprint density at radius 1 is 1.18 bits per heavy atom. The molecule has 0 aliphatic carbocycles. The van der Waals surface area contributed by atoms with Crippen molar-refractivity contribution in [1.29, 1.82) is 0 Å². The summed E-state index contributed by atoms with van der Waals surface area (Å²) in [7, 11) is 6.09. The number of methoxy groups -OCH3 is 1. The largest absolute Gasteiger partial charge is 0.385 e. The zero-order chi connectivity index (χ0) is 13.1. The first-order valence-corrected chi connectivity index (χ1v) is 7.08. The van der Waals surface area contributed by atoms with Crippen LogP contribution in [-0.2, 0) is 4.74 Å². The summed E-state index contributed by atoms with van der Waals surface area (Å²) in [6, 6.07) is 0. The van der Waals surface area contributed by atoms with E-state index < -0.39 is 0 Å². The van der Waals surface area contributed by atoms with Gasteiger partial charge in [-0.15, -0.1) is 0 Å². The second kappa shape index (κ2) is 11.0. The Bertz CT molecular complexity index is 154. The van der Waals surface area contributed by atoms with E-state index in [0.717, 1.165) is 12.5 Å². The van der Waals surface area contributed by atoms with Crippen molar-refractivity contribution in [2.75, 3.05) is 54.0 Å². The fourth-order valence-corrected chi connectivity index (χ4v) is 2.12. The molecule has 1 rings (SSSR count). The van der Waals surface area contributed by atoms with Gasteiger partial charge in [-0.25, -0.2) is 0 Å². The third-order valence-electron chi connectivity index (χ3n) is 3.30. The van der Waals surface area contributed by atoms with Crippen molar-refractivity contribution >= 4 is 0 Å². The minimum absolute atomic E-state index is 0.903. The predicted octanol–water partition coefficient (Wildman–Crippen LogP) is 2.32. The van der Waals surface area contributed by atoms with E-state index in [1.54, 1.807) is 7.11 Å². The number of likely N-dealkylation sites (N-methyl/N-ethyl adjacent to an activating group) is 1. The Labute approximate surface area is 108 Å². The fraction of sp³-hybridized carbons (Fsp3) is 1.00. The highest BCUT2D eigenvalue weighted by molar-refractivity contribution is 4.72. The molecule has 104 valence electrons. The van der Waals surface area contributed by atoms with Crippen molar-refractivity contribution in [1.82, 2.24) is 9.80 Å². The summed E-state index contributed by atoms with van der Waals surface area (Å²) in [6.45, 7) is 9.90. The summed E-state index contributed by atoms with van der Waals surface area (Å²) in [5.41, 5.74) is 0. The van der Waals surface area contributed by atoms with E-state index in [9.17, 15) is 0 Å². The maximum atomic E-state index is 5.13. The SMILES string of the molecule is CC.COCCC1CCN(CCN(C)C)CC1. The maximum Gasteiger partial charge on any atom is 0.0464 e. The summed E-state index contributed by atoms with van der Waals surface area (Å²) in [6.07, 6.45) is 3.96. The molecule has 0 bridgehead atoms. The lowest BCUT2D eigenvalue weighted by Gasteiger charge is -2.32. The van der Waals surface area contributed by atoms with Gasteiger partial charge in [-0.3, -0.25) is 0 Å². The van der Waals surface area contributed by atoms with Crippen molar-refractivity contribution in [3.05, 3.63) is 0 Å². The van der Waals surface area contributed by atoms with Crippen LogP contribution in [-0.4, -0.2) is 63.8 Å². The summed E-state index contributed by atoms with van der Waals surface area (Å²) < 4.78 is 5.13. The molecule has 3 heteroatoms. The highest BCUT2D eigenvalue weighted by atomic mass is 16.5. The van der Waals surface area contributed by atoms with Gasteiger partial charge in [-0.2, -0.15) is 0 Å². The molecule has 0 atom stereocenters. The smallest absolute Gasteiger partial charge is 0.0464 e. The van der Waals surface area contributed by atoms with Crippen molar-refractivity contribution in [3.8, 4) is 0 Å². The molecule has 0 N–H and O–H groups in total. The maximum absolute atomic E-state index is 5.13. The van der Waals surface area contributed by atoms with Gasteiger partial charge < -0.3 is 14.5 Å². The van der Waals surface area contributed by atoms with E-state index in [0.29, 0.717) is 0 Å². The van der Waals surface area contributed by atoms with Crippen molar-refractivity contribution in [2.24, 2.45) is 5.92 Å². The van der Waals surface area contributed by atoms with Crippen molar-refractivity contribution < 1.29 is 4.74 Å². The monoisotopic (exact) mass is 244 g/mol. The van der Waals surface area contributed by atoms with Crippen LogP contribution < -0.4 is 0 Å². The molecule has 1 fully saturated rings. The minimum atomic E-state index is 0.903. The van der Waals surface area contributed by atoms with Crippen LogP contribution in [0.3, 0.4) is 0 Å². The second-order valence-corrected chi connectivity index (χ2v) is 4.87. The zero-order valence-electron chi connectivity index (χ0n) is 12.5. The third kappa shape index (κ3) is 8.58. The first-order chi connectivity index (χ1) is 8.22. The van der Waals surface area contributed by atoms with Crippen LogP contribution in [0, 0.1) is 5.92 Å². The van der Waals surface area contributed by atoms with Crippen LogP contribution in [0.15, 0.2) is 0 Å². The molecule has 0 amide bonds. The first kappa shape index (κ1) is 16.9. The summed E-state index contributed by atoms with van der Waals surface area (Å²) in [4.78, 5) is 4.85. The van der Waals surface area contributed by atoms with E-state index in [1.807, 2.05) is 13.8 Å². The molecule has 0 aromatic carbocycles. The quantitative estimate of drug-likeness (QED) is 0.713. The second-order valence-electron chi connectivity index (χ2n) is 4.87. The van der Waals surface area contributed by atoms with Gasteiger partial charge in [0.25, 0.3) is 0 Å². The number of likely N-dealkylation sites (tertiary alicyclic amines) is 1. The molecule has 0 aromatic rings. The molecule has 1 heterocycles.